The topological polar surface area (TPSA) is 19.0 Å². The number of para-hydroxylation sites is 3. The molecule has 0 spiro atoms. The number of H-pyrrole nitrogens is 1. The molecule has 0 aliphatic carbocycles. The molecular weight excluding hydrogens is 651 g/mol. The average molecular weight is 684 g/mol. The van der Waals surface area contributed by atoms with Gasteiger partial charge >= 0.3 is 0 Å². The normalized spacial score (nSPS) is 13.8. The molecule has 0 saturated carbocycles. The number of benzene rings is 9. The van der Waals surface area contributed by atoms with Gasteiger partial charge in [0, 0.05) is 33.2 Å². The van der Waals surface area contributed by atoms with Crippen molar-refractivity contribution in [2.24, 2.45) is 0 Å². The van der Waals surface area contributed by atoms with E-state index in [1.54, 1.807) is 0 Å². The zero-order valence-electron chi connectivity index (χ0n) is 29.4. The minimum atomic E-state index is -0.508. The summed E-state index contributed by atoms with van der Waals surface area (Å²) < 4.78 is 0. The van der Waals surface area contributed by atoms with Crippen LogP contribution in [0.2, 0.25) is 0 Å². The van der Waals surface area contributed by atoms with Gasteiger partial charge in [0.05, 0.1) is 16.6 Å². The summed E-state index contributed by atoms with van der Waals surface area (Å²) in [5.74, 6) is 0. The number of aromatic amines is 1. The van der Waals surface area contributed by atoms with Gasteiger partial charge in [-0.25, -0.2) is 0 Å². The van der Waals surface area contributed by atoms with Gasteiger partial charge in [0.2, 0.25) is 0 Å². The second kappa shape index (κ2) is 11.1. The smallest absolute Gasteiger partial charge is 0.197 e. The zero-order chi connectivity index (χ0) is 35.4. The van der Waals surface area contributed by atoms with Crippen LogP contribution in [-0.4, -0.2) is 12.3 Å². The van der Waals surface area contributed by atoms with E-state index in [0.29, 0.717) is 0 Å². The molecule has 3 heteroatoms. The Morgan fingerprint density at radius 3 is 1.89 bits per heavy atom. The molecule has 0 atom stereocenters. The molecule has 0 amide bonds. The van der Waals surface area contributed by atoms with Crippen molar-refractivity contribution in [3.05, 3.63) is 210 Å². The Labute approximate surface area is 314 Å². The lowest BCUT2D eigenvalue weighted by molar-refractivity contribution is 0.732. The molecule has 0 fully saturated rings. The minimum Gasteiger partial charge on any atom is -0.354 e. The zero-order valence-corrected chi connectivity index (χ0v) is 29.4. The second-order valence-electron chi connectivity index (χ2n) is 14.7. The number of hydrogen-bond acceptors (Lipinski definition) is 1. The van der Waals surface area contributed by atoms with Gasteiger partial charge in [-0.15, -0.1) is 0 Å². The number of nitrogens with zero attached hydrogens (tertiary/aromatic N) is 1. The molecule has 249 valence electrons. The second-order valence-corrected chi connectivity index (χ2v) is 14.7. The van der Waals surface area contributed by atoms with Gasteiger partial charge in [-0.1, -0.05) is 169 Å². The lowest BCUT2D eigenvalue weighted by Crippen LogP contribution is -2.47. The van der Waals surface area contributed by atoms with Crippen molar-refractivity contribution in [1.82, 2.24) is 4.98 Å². The summed E-state index contributed by atoms with van der Waals surface area (Å²) in [5.41, 5.74) is 15.5. The predicted molar refractivity (Wildman–Crippen MR) is 228 cm³/mol. The molecule has 2 aliphatic rings. The Balaban J connectivity index is 1.18. The summed E-state index contributed by atoms with van der Waals surface area (Å²) in [5, 5.41) is 7.46. The third kappa shape index (κ3) is 3.91. The quantitative estimate of drug-likeness (QED) is 0.184. The van der Waals surface area contributed by atoms with Gasteiger partial charge in [-0.05, 0) is 79.1 Å². The van der Waals surface area contributed by atoms with Crippen LogP contribution >= 0.6 is 0 Å². The number of anilines is 3. The van der Waals surface area contributed by atoms with Crippen molar-refractivity contribution < 1.29 is 0 Å². The van der Waals surface area contributed by atoms with Gasteiger partial charge in [-0.2, -0.15) is 0 Å². The van der Waals surface area contributed by atoms with Crippen LogP contribution < -0.4 is 15.8 Å². The van der Waals surface area contributed by atoms with E-state index in [1.807, 2.05) is 0 Å². The summed E-state index contributed by atoms with van der Waals surface area (Å²) >= 11 is 0. The van der Waals surface area contributed by atoms with Crippen LogP contribution in [0, 0.1) is 0 Å². The predicted octanol–water partition coefficient (Wildman–Crippen LogP) is 11.4. The fraction of sp³-hybridized carbons (Fsp3) is 0.0196. The van der Waals surface area contributed by atoms with Gasteiger partial charge in [0.25, 0.3) is 0 Å². The Morgan fingerprint density at radius 2 is 1.09 bits per heavy atom. The van der Waals surface area contributed by atoms with E-state index in [1.165, 1.54) is 99.2 Å². The van der Waals surface area contributed by atoms with Crippen molar-refractivity contribution in [2.45, 2.75) is 5.41 Å². The van der Waals surface area contributed by atoms with Crippen LogP contribution in [0.25, 0.3) is 54.5 Å². The molecule has 0 saturated heterocycles. The van der Waals surface area contributed by atoms with Crippen molar-refractivity contribution in [1.29, 1.82) is 0 Å². The maximum absolute atomic E-state index is 3.91. The van der Waals surface area contributed by atoms with E-state index in [4.69, 9.17) is 0 Å². The van der Waals surface area contributed by atoms with Crippen molar-refractivity contribution in [3.63, 3.8) is 0 Å². The molecule has 2 aliphatic heterocycles. The number of fused-ring (bicyclic) bond motifs is 9. The molecule has 2 nitrogen and oxygen atoms in total. The maximum atomic E-state index is 3.91. The Kier molecular flexibility index (Phi) is 6.10. The Morgan fingerprint density at radius 1 is 0.463 bits per heavy atom. The highest BCUT2D eigenvalue weighted by atomic mass is 15.2. The van der Waals surface area contributed by atoms with E-state index in [-0.39, 0.29) is 0 Å². The monoisotopic (exact) mass is 683 g/mol. The van der Waals surface area contributed by atoms with Crippen LogP contribution in [-0.2, 0) is 5.41 Å². The van der Waals surface area contributed by atoms with E-state index in [2.05, 4.69) is 205 Å². The van der Waals surface area contributed by atoms with Crippen LogP contribution in [0.4, 0.5) is 17.1 Å². The van der Waals surface area contributed by atoms with E-state index in [9.17, 15) is 0 Å². The summed E-state index contributed by atoms with van der Waals surface area (Å²) in [4.78, 5) is 6.47. The Bertz CT molecular complexity index is 3100. The van der Waals surface area contributed by atoms with E-state index in [0.717, 1.165) is 5.52 Å². The third-order valence-electron chi connectivity index (χ3n) is 12.0. The van der Waals surface area contributed by atoms with Crippen molar-refractivity contribution >= 4 is 78.6 Å². The molecule has 3 heterocycles. The van der Waals surface area contributed by atoms with Gasteiger partial charge < -0.3 is 9.88 Å². The highest BCUT2D eigenvalue weighted by molar-refractivity contribution is 6.74. The molecule has 0 unspecified atom stereocenters. The Hall–Kier alpha value is -6.84. The number of aromatic nitrogens is 1. The largest absolute Gasteiger partial charge is 0.354 e. The first-order valence-corrected chi connectivity index (χ1v) is 18.8. The van der Waals surface area contributed by atoms with Crippen LogP contribution in [0.5, 0.6) is 0 Å². The minimum absolute atomic E-state index is 0.508. The molecule has 0 bridgehead atoms. The van der Waals surface area contributed by atoms with E-state index < -0.39 is 5.41 Å². The highest BCUT2D eigenvalue weighted by Crippen LogP contribution is 2.58. The summed E-state index contributed by atoms with van der Waals surface area (Å²) in [6, 6.07) is 69.6. The average Bonchev–Trinajstić information content (AvgIpc) is 3.60. The van der Waals surface area contributed by atoms with Crippen molar-refractivity contribution in [3.8, 4) is 11.1 Å². The first kappa shape index (κ1) is 29.7. The van der Waals surface area contributed by atoms with Crippen LogP contribution in [0.15, 0.2) is 188 Å². The molecule has 1 aromatic heterocycles. The summed E-state index contributed by atoms with van der Waals surface area (Å²) in [6.45, 7) is 0. The van der Waals surface area contributed by atoms with E-state index >= 15 is 0 Å². The van der Waals surface area contributed by atoms with Gasteiger partial charge in [0.1, 0.15) is 0 Å². The van der Waals surface area contributed by atoms with Gasteiger partial charge in [0.15, 0.2) is 7.28 Å². The lowest BCUT2D eigenvalue weighted by atomic mass is 9.54. The van der Waals surface area contributed by atoms with Crippen molar-refractivity contribution in [2.75, 3.05) is 4.90 Å². The van der Waals surface area contributed by atoms with Crippen LogP contribution in [0.3, 0.4) is 0 Å². The molecule has 1 radical (unpaired) electrons. The molecule has 54 heavy (non-hydrogen) atoms. The third-order valence-corrected chi connectivity index (χ3v) is 12.0. The SMILES string of the molecule is [B]1c2cccc3c2N(c2ccccc2C3(c2ccccc2)c2ccccc2)c2cc3ccccc3c(-c3cccc4c3[nH]c3cc5ccccc5cc34)c21. The first-order valence-electron chi connectivity index (χ1n) is 18.8. The van der Waals surface area contributed by atoms with Crippen LogP contribution in [0.1, 0.15) is 22.3 Å². The number of hydrogen-bond donors (Lipinski definition) is 1. The lowest BCUT2D eigenvalue weighted by Gasteiger charge is -2.49. The fourth-order valence-corrected chi connectivity index (χ4v) is 9.84. The standard InChI is InChI=1S/C51H32BN2/c1-3-18-35(19-4-1)51(36-20-5-2-6-21-36)41-25-11-12-28-45(41)54-46-31-34-17-9-10-22-37(34)47(48(46)52-43-27-14-26-42(51)50(43)54)39-24-13-23-38-40-29-32-15-7-8-16-33(32)30-44(40)53-49(38)39/h1-31,53H. The number of nitrogens with one attached hydrogen (secondary N) is 1. The molecule has 9 aromatic carbocycles. The molecular formula is C51H32BN2. The molecule has 10 aromatic rings. The highest BCUT2D eigenvalue weighted by Gasteiger charge is 2.48. The first-order chi connectivity index (χ1) is 26.8. The maximum Gasteiger partial charge on any atom is 0.197 e. The molecule has 1 N–H and O–H groups in total. The molecule has 12 rings (SSSR count). The summed E-state index contributed by atoms with van der Waals surface area (Å²) in [7, 11) is 2.46. The summed E-state index contributed by atoms with van der Waals surface area (Å²) in [6.07, 6.45) is 0. The number of rotatable bonds is 3. The van der Waals surface area contributed by atoms with Gasteiger partial charge in [-0.3, -0.25) is 0 Å². The fourth-order valence-electron chi connectivity index (χ4n) is 9.84.